The minimum Gasteiger partial charge on any atom is -0.486 e. The van der Waals surface area contributed by atoms with Crippen LogP contribution in [0.5, 0.6) is 11.5 Å². The number of rotatable bonds is 4. The number of alkyl halides is 3. The molecule has 1 amide bonds. The Bertz CT molecular complexity index is 824. The van der Waals surface area contributed by atoms with Gasteiger partial charge in [-0.25, -0.2) is 0 Å². The maximum atomic E-state index is 13.0. The predicted octanol–water partition coefficient (Wildman–Crippen LogP) is 4.10. The number of halogens is 4. The van der Waals surface area contributed by atoms with Crippen LogP contribution in [0, 0.1) is 0 Å². The molecule has 1 N–H and O–H groups in total. The number of amides is 1. The third-order valence-electron chi connectivity index (χ3n) is 3.83. The van der Waals surface area contributed by atoms with Crippen LogP contribution in [0.2, 0.25) is 5.02 Å². The molecule has 3 rings (SSSR count). The molecule has 2 aromatic carbocycles. The molecule has 0 bridgehead atoms. The summed E-state index contributed by atoms with van der Waals surface area (Å²) in [6, 6.07) is 8.11. The molecule has 0 saturated carbocycles. The van der Waals surface area contributed by atoms with Gasteiger partial charge in [0.05, 0.1) is 16.1 Å². The van der Waals surface area contributed by atoms with Gasteiger partial charge in [0.2, 0.25) is 0 Å². The predicted molar refractivity (Wildman–Crippen MR) is 89.9 cm³/mol. The van der Waals surface area contributed by atoms with Crippen molar-refractivity contribution in [2.45, 2.75) is 12.6 Å². The monoisotopic (exact) mass is 385 g/mol. The van der Waals surface area contributed by atoms with E-state index >= 15 is 0 Å². The van der Waals surface area contributed by atoms with Gasteiger partial charge in [-0.3, -0.25) is 4.79 Å². The summed E-state index contributed by atoms with van der Waals surface area (Å²) < 4.78 is 49.8. The minimum atomic E-state index is -4.59. The second-order valence-electron chi connectivity index (χ2n) is 5.65. The lowest BCUT2D eigenvalue weighted by Gasteiger charge is -2.20. The Morgan fingerprint density at radius 1 is 1.15 bits per heavy atom. The third-order valence-corrected chi connectivity index (χ3v) is 4.11. The van der Waals surface area contributed by atoms with Crippen molar-refractivity contribution >= 4 is 17.5 Å². The maximum absolute atomic E-state index is 13.0. The first kappa shape index (κ1) is 18.4. The van der Waals surface area contributed by atoms with E-state index in [2.05, 4.69) is 5.32 Å². The summed E-state index contributed by atoms with van der Waals surface area (Å²) in [4.78, 5) is 12.1. The van der Waals surface area contributed by atoms with Crippen LogP contribution in [-0.4, -0.2) is 25.7 Å². The van der Waals surface area contributed by atoms with Gasteiger partial charge in [0.25, 0.3) is 5.91 Å². The number of fused-ring (bicyclic) bond motifs is 1. The van der Waals surface area contributed by atoms with E-state index in [4.69, 9.17) is 21.1 Å². The highest BCUT2D eigenvalue weighted by Gasteiger charge is 2.34. The summed E-state index contributed by atoms with van der Waals surface area (Å²) in [5.74, 6) is 0.221. The second kappa shape index (κ2) is 7.45. The summed E-state index contributed by atoms with van der Waals surface area (Å²) in [5.41, 5.74) is -0.580. The first-order valence-electron chi connectivity index (χ1n) is 7.88. The van der Waals surface area contributed by atoms with Crippen molar-refractivity contribution in [3.8, 4) is 11.5 Å². The molecular formula is C18H15ClF3NO3. The lowest BCUT2D eigenvalue weighted by atomic mass is 10.1. The molecule has 0 unspecified atom stereocenters. The van der Waals surface area contributed by atoms with Crippen molar-refractivity contribution in [1.82, 2.24) is 5.32 Å². The summed E-state index contributed by atoms with van der Waals surface area (Å²) in [6.45, 7) is 0.986. The zero-order valence-electron chi connectivity index (χ0n) is 13.5. The molecule has 0 radical (unpaired) electrons. The van der Waals surface area contributed by atoms with E-state index in [-0.39, 0.29) is 6.54 Å². The fourth-order valence-corrected chi connectivity index (χ4v) is 2.94. The van der Waals surface area contributed by atoms with E-state index < -0.39 is 23.2 Å². The van der Waals surface area contributed by atoms with Gasteiger partial charge in [0, 0.05) is 6.54 Å². The maximum Gasteiger partial charge on any atom is 0.417 e. The van der Waals surface area contributed by atoms with Crippen LogP contribution in [0.3, 0.4) is 0 Å². The molecule has 1 aliphatic heterocycles. The van der Waals surface area contributed by atoms with Crippen molar-refractivity contribution in [3.05, 3.63) is 58.1 Å². The van der Waals surface area contributed by atoms with Gasteiger partial charge in [0.15, 0.2) is 11.5 Å². The average molecular weight is 386 g/mol. The Kier molecular flexibility index (Phi) is 5.27. The van der Waals surface area contributed by atoms with E-state index in [0.717, 1.165) is 17.7 Å². The van der Waals surface area contributed by atoms with E-state index in [0.29, 0.717) is 36.2 Å². The molecule has 1 aliphatic rings. The Morgan fingerprint density at radius 2 is 1.88 bits per heavy atom. The van der Waals surface area contributed by atoms with Crippen LogP contribution in [0.1, 0.15) is 21.5 Å². The van der Waals surface area contributed by atoms with Crippen molar-refractivity contribution < 1.29 is 27.4 Å². The molecule has 8 heteroatoms. The first-order valence-corrected chi connectivity index (χ1v) is 8.26. The van der Waals surface area contributed by atoms with Gasteiger partial charge in [0.1, 0.15) is 13.2 Å². The Hall–Kier alpha value is -2.41. The highest BCUT2D eigenvalue weighted by molar-refractivity contribution is 6.32. The zero-order chi connectivity index (χ0) is 18.7. The largest absolute Gasteiger partial charge is 0.486 e. The SMILES string of the molecule is O=C(NCCc1cc(Cl)c2c(c1)OCCO2)c1ccccc1C(F)(F)F. The fraction of sp³-hybridized carbons (Fsp3) is 0.278. The van der Waals surface area contributed by atoms with E-state index in [9.17, 15) is 18.0 Å². The van der Waals surface area contributed by atoms with Gasteiger partial charge in [-0.2, -0.15) is 13.2 Å². The highest BCUT2D eigenvalue weighted by Crippen LogP contribution is 2.38. The number of ether oxygens (including phenoxy) is 2. The molecule has 138 valence electrons. The van der Waals surface area contributed by atoms with Gasteiger partial charge in [-0.1, -0.05) is 23.7 Å². The minimum absolute atomic E-state index is 0.154. The summed E-state index contributed by atoms with van der Waals surface area (Å²) in [5, 5.41) is 2.90. The normalized spacial score (nSPS) is 13.4. The number of benzene rings is 2. The topological polar surface area (TPSA) is 47.6 Å². The molecule has 0 atom stereocenters. The van der Waals surface area contributed by atoms with E-state index in [1.54, 1.807) is 12.1 Å². The molecule has 0 fully saturated rings. The molecule has 0 spiro atoms. The van der Waals surface area contributed by atoms with Crippen LogP contribution >= 0.6 is 11.6 Å². The lowest BCUT2D eigenvalue weighted by molar-refractivity contribution is -0.137. The molecule has 2 aromatic rings. The standard InChI is InChI=1S/C18H15ClF3NO3/c19-14-9-11(10-15-16(14)26-8-7-25-15)5-6-23-17(24)12-3-1-2-4-13(12)18(20,21)22/h1-4,9-10H,5-8H2,(H,23,24). The molecule has 1 heterocycles. The molecule has 26 heavy (non-hydrogen) atoms. The van der Waals surface area contributed by atoms with Crippen molar-refractivity contribution in [2.75, 3.05) is 19.8 Å². The summed E-state index contributed by atoms with van der Waals surface area (Å²) in [7, 11) is 0. The van der Waals surface area contributed by atoms with Crippen molar-refractivity contribution in [1.29, 1.82) is 0 Å². The third kappa shape index (κ3) is 4.04. The van der Waals surface area contributed by atoms with Gasteiger partial charge in [-0.15, -0.1) is 0 Å². The van der Waals surface area contributed by atoms with Gasteiger partial charge in [-0.05, 0) is 36.2 Å². The number of hydrogen-bond donors (Lipinski definition) is 1. The van der Waals surface area contributed by atoms with E-state index in [1.165, 1.54) is 12.1 Å². The van der Waals surface area contributed by atoms with Crippen LogP contribution in [0.25, 0.3) is 0 Å². The second-order valence-corrected chi connectivity index (χ2v) is 6.06. The zero-order valence-corrected chi connectivity index (χ0v) is 14.3. The summed E-state index contributed by atoms with van der Waals surface area (Å²) in [6.07, 6.45) is -4.20. The highest BCUT2D eigenvalue weighted by atomic mass is 35.5. The quantitative estimate of drug-likeness (QED) is 0.862. The number of carbonyl (C=O) groups excluding carboxylic acids is 1. The molecule has 0 saturated heterocycles. The number of hydrogen-bond acceptors (Lipinski definition) is 3. The first-order chi connectivity index (χ1) is 12.4. The van der Waals surface area contributed by atoms with Crippen LogP contribution in [0.15, 0.2) is 36.4 Å². The van der Waals surface area contributed by atoms with Gasteiger partial charge < -0.3 is 14.8 Å². The number of nitrogens with one attached hydrogen (secondary N) is 1. The summed E-state index contributed by atoms with van der Waals surface area (Å²) >= 11 is 6.14. The van der Waals surface area contributed by atoms with Crippen LogP contribution < -0.4 is 14.8 Å². The Balaban J connectivity index is 1.66. The van der Waals surface area contributed by atoms with E-state index in [1.807, 2.05) is 0 Å². The molecule has 4 nitrogen and oxygen atoms in total. The Morgan fingerprint density at radius 3 is 2.65 bits per heavy atom. The molecule has 0 aromatic heterocycles. The Labute approximate surface area is 152 Å². The molecular weight excluding hydrogens is 371 g/mol. The van der Waals surface area contributed by atoms with Crippen LogP contribution in [-0.2, 0) is 12.6 Å². The van der Waals surface area contributed by atoms with Crippen molar-refractivity contribution in [2.24, 2.45) is 0 Å². The lowest BCUT2D eigenvalue weighted by Crippen LogP contribution is -2.28. The smallest absolute Gasteiger partial charge is 0.417 e. The van der Waals surface area contributed by atoms with Crippen molar-refractivity contribution in [3.63, 3.8) is 0 Å². The molecule has 0 aliphatic carbocycles. The fourth-order valence-electron chi connectivity index (χ4n) is 2.65. The van der Waals surface area contributed by atoms with Gasteiger partial charge >= 0.3 is 6.18 Å². The average Bonchev–Trinajstić information content (AvgIpc) is 2.61. The number of carbonyl (C=O) groups is 1. The van der Waals surface area contributed by atoms with Crippen LogP contribution in [0.4, 0.5) is 13.2 Å².